The fourth-order valence-electron chi connectivity index (χ4n) is 2.41. The lowest BCUT2D eigenvalue weighted by Gasteiger charge is -2.13. The lowest BCUT2D eigenvalue weighted by Crippen LogP contribution is -2.32. The molecule has 158 valence electrons. The fourth-order valence-corrected chi connectivity index (χ4v) is 3.48. The van der Waals surface area contributed by atoms with Gasteiger partial charge in [-0.1, -0.05) is 29.8 Å². The van der Waals surface area contributed by atoms with Crippen LogP contribution < -0.4 is 10.0 Å². The fraction of sp³-hybridized carbons (Fsp3) is 0.316. The van der Waals surface area contributed by atoms with E-state index in [0.717, 1.165) is 29.8 Å². The zero-order valence-electron chi connectivity index (χ0n) is 15.5. The van der Waals surface area contributed by atoms with E-state index in [9.17, 15) is 31.5 Å². The second kappa shape index (κ2) is 9.38. The third-order valence-corrected chi connectivity index (χ3v) is 5.56. The van der Waals surface area contributed by atoms with Gasteiger partial charge in [-0.3, -0.25) is 4.79 Å². The van der Waals surface area contributed by atoms with E-state index in [1.54, 1.807) is 12.1 Å². The molecule has 0 saturated carbocycles. The lowest BCUT2D eigenvalue weighted by molar-refractivity contribution is -0.137. The Balaban J connectivity index is 1.78. The van der Waals surface area contributed by atoms with Gasteiger partial charge in [0.05, 0.1) is 10.5 Å². The first-order chi connectivity index (χ1) is 13.5. The van der Waals surface area contributed by atoms with Crippen molar-refractivity contribution < 1.29 is 31.5 Å². The first-order valence-electron chi connectivity index (χ1n) is 8.70. The number of alkyl halides is 3. The molecule has 29 heavy (non-hydrogen) atoms. The molecule has 0 radical (unpaired) electrons. The van der Waals surface area contributed by atoms with Gasteiger partial charge in [-0.15, -0.1) is 0 Å². The van der Waals surface area contributed by atoms with Gasteiger partial charge in [0.25, 0.3) is 5.91 Å². The predicted octanol–water partition coefficient (Wildman–Crippen LogP) is 2.53. The number of rotatable bonds is 8. The number of amides is 1. The van der Waals surface area contributed by atoms with Gasteiger partial charge in [0.1, 0.15) is 0 Å². The van der Waals surface area contributed by atoms with Crippen LogP contribution in [-0.4, -0.2) is 32.5 Å². The third-order valence-electron chi connectivity index (χ3n) is 4.08. The molecule has 0 bridgehead atoms. The number of carbonyl (C=O) groups is 1. The Morgan fingerprint density at radius 1 is 1.03 bits per heavy atom. The highest BCUT2D eigenvalue weighted by Gasteiger charge is 2.30. The highest BCUT2D eigenvalue weighted by atomic mass is 32.2. The summed E-state index contributed by atoms with van der Waals surface area (Å²) in [4.78, 5) is 12.0. The number of aliphatic hydroxyl groups is 1. The normalized spacial score (nSPS) is 13.1. The Morgan fingerprint density at radius 2 is 1.62 bits per heavy atom. The molecule has 1 amide bonds. The van der Waals surface area contributed by atoms with Crippen molar-refractivity contribution in [1.82, 2.24) is 10.0 Å². The topological polar surface area (TPSA) is 95.5 Å². The maximum absolute atomic E-state index is 12.5. The van der Waals surface area contributed by atoms with Gasteiger partial charge in [0, 0.05) is 13.1 Å². The van der Waals surface area contributed by atoms with Crippen molar-refractivity contribution >= 4 is 15.9 Å². The number of nitrogens with one attached hydrogen (secondary N) is 2. The Kier molecular flexibility index (Phi) is 7.39. The Labute approximate surface area is 166 Å². The molecule has 0 aliphatic rings. The Morgan fingerprint density at radius 3 is 2.17 bits per heavy atom. The Hall–Kier alpha value is -2.43. The van der Waals surface area contributed by atoms with E-state index in [1.165, 1.54) is 12.1 Å². The highest BCUT2D eigenvalue weighted by molar-refractivity contribution is 7.89. The highest BCUT2D eigenvalue weighted by Crippen LogP contribution is 2.29. The van der Waals surface area contributed by atoms with Gasteiger partial charge in [0.2, 0.25) is 10.0 Å². The van der Waals surface area contributed by atoms with E-state index in [4.69, 9.17) is 0 Å². The molecule has 2 rings (SSSR count). The smallest absolute Gasteiger partial charge is 0.378 e. The minimum absolute atomic E-state index is 0.0237. The SMILES string of the molecule is Cc1ccc(S(=O)(=O)NCCCNC(=O)[C@@H](O)c2ccc(C(F)(F)F)cc2)cc1. The third kappa shape index (κ3) is 6.55. The molecule has 6 nitrogen and oxygen atoms in total. The molecule has 0 aliphatic carbocycles. The van der Waals surface area contributed by atoms with Crippen LogP contribution in [0, 0.1) is 6.92 Å². The lowest BCUT2D eigenvalue weighted by atomic mass is 10.1. The summed E-state index contributed by atoms with van der Waals surface area (Å²) in [6.45, 7) is 1.98. The van der Waals surface area contributed by atoms with Crippen LogP contribution in [0.1, 0.15) is 29.2 Å². The number of sulfonamides is 1. The van der Waals surface area contributed by atoms with Gasteiger partial charge >= 0.3 is 6.18 Å². The number of aliphatic hydroxyl groups excluding tert-OH is 1. The summed E-state index contributed by atoms with van der Waals surface area (Å²) in [5.74, 6) is -0.786. The molecule has 0 heterocycles. The van der Waals surface area contributed by atoms with Crippen LogP contribution >= 0.6 is 0 Å². The summed E-state index contributed by atoms with van der Waals surface area (Å²) in [5, 5.41) is 12.3. The van der Waals surface area contributed by atoms with E-state index in [2.05, 4.69) is 10.0 Å². The van der Waals surface area contributed by atoms with Gasteiger partial charge in [-0.25, -0.2) is 13.1 Å². The monoisotopic (exact) mass is 430 g/mol. The Bertz CT molecular complexity index is 927. The maximum Gasteiger partial charge on any atom is 0.416 e. The van der Waals surface area contributed by atoms with Crippen LogP contribution in [0.2, 0.25) is 0 Å². The van der Waals surface area contributed by atoms with Crippen LogP contribution in [0.25, 0.3) is 0 Å². The molecule has 0 unspecified atom stereocenters. The first kappa shape index (κ1) is 22.9. The molecular formula is C19H21F3N2O4S. The summed E-state index contributed by atoms with van der Waals surface area (Å²) in [6, 6.07) is 9.96. The van der Waals surface area contributed by atoms with Gasteiger partial charge in [-0.05, 0) is 43.2 Å². The van der Waals surface area contributed by atoms with Gasteiger partial charge in [-0.2, -0.15) is 13.2 Å². The first-order valence-corrected chi connectivity index (χ1v) is 10.2. The molecule has 2 aromatic carbocycles. The summed E-state index contributed by atoms with van der Waals surface area (Å²) in [5.41, 5.74) is 0.0727. The van der Waals surface area contributed by atoms with Gasteiger partial charge < -0.3 is 10.4 Å². The van der Waals surface area contributed by atoms with E-state index in [0.29, 0.717) is 0 Å². The van der Waals surface area contributed by atoms with E-state index in [1.807, 2.05) is 6.92 Å². The average Bonchev–Trinajstić information content (AvgIpc) is 2.66. The molecule has 1 atom stereocenters. The molecule has 0 aliphatic heterocycles. The van der Waals surface area contributed by atoms with Crippen molar-refractivity contribution in [2.24, 2.45) is 0 Å². The maximum atomic E-state index is 12.5. The quantitative estimate of drug-likeness (QED) is 0.561. The van der Waals surface area contributed by atoms with Crippen molar-refractivity contribution in [3.8, 4) is 0 Å². The van der Waals surface area contributed by atoms with Crippen LogP contribution in [0.5, 0.6) is 0 Å². The van der Waals surface area contributed by atoms with Crippen LogP contribution in [0.3, 0.4) is 0 Å². The molecule has 0 aromatic heterocycles. The van der Waals surface area contributed by atoms with Crippen molar-refractivity contribution in [2.45, 2.75) is 30.5 Å². The largest absolute Gasteiger partial charge is 0.416 e. The number of aryl methyl sites for hydroxylation is 1. The van der Waals surface area contributed by atoms with Gasteiger partial charge in [0.15, 0.2) is 6.10 Å². The number of carbonyl (C=O) groups excluding carboxylic acids is 1. The molecule has 0 fully saturated rings. The summed E-state index contributed by atoms with van der Waals surface area (Å²) < 4.78 is 64.2. The van der Waals surface area contributed by atoms with Crippen LogP contribution in [0.15, 0.2) is 53.4 Å². The second-order valence-corrected chi connectivity index (χ2v) is 8.14. The standard InChI is InChI=1S/C19H21F3N2O4S/c1-13-3-9-16(10-4-13)29(27,28)24-12-2-11-23-18(26)17(25)14-5-7-15(8-6-14)19(20,21)22/h3-10,17,24-25H,2,11-12H2,1H3,(H,23,26)/t17-/m0/s1. The van der Waals surface area contributed by atoms with Crippen molar-refractivity contribution in [1.29, 1.82) is 0 Å². The van der Waals surface area contributed by atoms with E-state index in [-0.39, 0.29) is 30.0 Å². The zero-order chi connectivity index (χ0) is 21.7. The summed E-state index contributed by atoms with van der Waals surface area (Å²) >= 11 is 0. The van der Waals surface area contributed by atoms with E-state index < -0.39 is 33.8 Å². The number of benzene rings is 2. The zero-order valence-corrected chi connectivity index (χ0v) is 16.3. The molecular weight excluding hydrogens is 409 g/mol. The van der Waals surface area contributed by atoms with Crippen molar-refractivity contribution in [2.75, 3.05) is 13.1 Å². The minimum atomic E-state index is -4.50. The van der Waals surface area contributed by atoms with Crippen LogP contribution in [-0.2, 0) is 21.0 Å². The minimum Gasteiger partial charge on any atom is -0.378 e. The second-order valence-electron chi connectivity index (χ2n) is 6.38. The average molecular weight is 430 g/mol. The van der Waals surface area contributed by atoms with Crippen LogP contribution in [0.4, 0.5) is 13.2 Å². The molecule has 2 aromatic rings. The van der Waals surface area contributed by atoms with Crippen molar-refractivity contribution in [3.05, 3.63) is 65.2 Å². The molecule has 0 spiro atoms. The van der Waals surface area contributed by atoms with E-state index >= 15 is 0 Å². The van der Waals surface area contributed by atoms with Crippen molar-refractivity contribution in [3.63, 3.8) is 0 Å². The summed E-state index contributed by atoms with van der Waals surface area (Å²) in [6.07, 6.45) is -5.87. The summed E-state index contributed by atoms with van der Waals surface area (Å²) in [7, 11) is -3.66. The molecule has 3 N–H and O–H groups in total. The molecule has 10 heteroatoms. The predicted molar refractivity (Wildman–Crippen MR) is 100 cm³/mol. The number of halogens is 3. The molecule has 0 saturated heterocycles. The number of hydrogen-bond acceptors (Lipinski definition) is 4. The number of hydrogen-bond donors (Lipinski definition) is 3.